The van der Waals surface area contributed by atoms with E-state index in [1.165, 1.54) is 5.57 Å². The summed E-state index contributed by atoms with van der Waals surface area (Å²) in [7, 11) is 0. The van der Waals surface area contributed by atoms with Gasteiger partial charge in [0.2, 0.25) is 0 Å². The highest BCUT2D eigenvalue weighted by molar-refractivity contribution is 5.93. The lowest BCUT2D eigenvalue weighted by Gasteiger charge is -2.20. The fraction of sp³-hybridized carbons (Fsp3) is 0.579. The molecule has 1 heterocycles. The fourth-order valence-electron chi connectivity index (χ4n) is 3.08. The van der Waals surface area contributed by atoms with Crippen molar-refractivity contribution < 1.29 is 4.79 Å². The van der Waals surface area contributed by atoms with Gasteiger partial charge in [-0.2, -0.15) is 0 Å². The molecule has 0 aliphatic heterocycles. The van der Waals surface area contributed by atoms with Crippen LogP contribution < -0.4 is 15.9 Å². The van der Waals surface area contributed by atoms with E-state index >= 15 is 0 Å². The van der Waals surface area contributed by atoms with Gasteiger partial charge in [0, 0.05) is 19.3 Å². The van der Waals surface area contributed by atoms with Crippen LogP contribution in [0.5, 0.6) is 0 Å². The Morgan fingerprint density at radius 1 is 1.26 bits per heavy atom. The summed E-state index contributed by atoms with van der Waals surface area (Å²) >= 11 is 0. The SMILES string of the molecule is CCCN(CCC)CCNC(=O)c1cnc2c(c1)=CCCC=2C. The molecule has 23 heavy (non-hydrogen) atoms. The van der Waals surface area contributed by atoms with E-state index in [2.05, 4.69) is 42.0 Å². The molecule has 126 valence electrons. The van der Waals surface area contributed by atoms with Crippen LogP contribution >= 0.6 is 0 Å². The van der Waals surface area contributed by atoms with Crippen LogP contribution in [0.1, 0.15) is 56.8 Å². The van der Waals surface area contributed by atoms with Gasteiger partial charge in [-0.3, -0.25) is 9.78 Å². The minimum Gasteiger partial charge on any atom is -0.351 e. The third-order valence-corrected chi connectivity index (χ3v) is 4.26. The number of nitrogens with zero attached hydrogens (tertiary/aromatic N) is 2. The fourth-order valence-corrected chi connectivity index (χ4v) is 3.08. The van der Waals surface area contributed by atoms with Crippen molar-refractivity contribution in [2.45, 2.75) is 46.5 Å². The highest BCUT2D eigenvalue weighted by Gasteiger charge is 2.09. The van der Waals surface area contributed by atoms with Gasteiger partial charge < -0.3 is 10.2 Å². The predicted molar refractivity (Wildman–Crippen MR) is 95.6 cm³/mol. The van der Waals surface area contributed by atoms with Gasteiger partial charge >= 0.3 is 0 Å². The monoisotopic (exact) mass is 315 g/mol. The summed E-state index contributed by atoms with van der Waals surface area (Å²) in [5.41, 5.74) is 1.97. The molecule has 1 N–H and O–H groups in total. The van der Waals surface area contributed by atoms with Crippen molar-refractivity contribution in [1.29, 1.82) is 0 Å². The summed E-state index contributed by atoms with van der Waals surface area (Å²) in [6.45, 7) is 10.3. The maximum absolute atomic E-state index is 12.3. The van der Waals surface area contributed by atoms with Crippen LogP contribution in [0.3, 0.4) is 0 Å². The molecule has 2 rings (SSSR count). The Hall–Kier alpha value is -1.68. The minimum atomic E-state index is -0.0233. The van der Waals surface area contributed by atoms with Crippen molar-refractivity contribution in [3.63, 3.8) is 0 Å². The van der Waals surface area contributed by atoms with Gasteiger partial charge in [-0.15, -0.1) is 0 Å². The van der Waals surface area contributed by atoms with E-state index in [-0.39, 0.29) is 5.91 Å². The van der Waals surface area contributed by atoms with Gasteiger partial charge in [-0.1, -0.05) is 19.9 Å². The average molecular weight is 315 g/mol. The molecular weight excluding hydrogens is 286 g/mol. The first-order valence-corrected chi connectivity index (χ1v) is 8.82. The van der Waals surface area contributed by atoms with E-state index in [1.807, 2.05) is 6.07 Å². The summed E-state index contributed by atoms with van der Waals surface area (Å²) in [4.78, 5) is 19.2. The van der Waals surface area contributed by atoms with Crippen molar-refractivity contribution in [2.75, 3.05) is 26.2 Å². The first kappa shape index (κ1) is 17.7. The lowest BCUT2D eigenvalue weighted by atomic mass is 10.0. The van der Waals surface area contributed by atoms with Gasteiger partial charge in [0.1, 0.15) is 0 Å². The zero-order chi connectivity index (χ0) is 16.7. The number of hydrogen-bond donors (Lipinski definition) is 1. The maximum atomic E-state index is 12.3. The van der Waals surface area contributed by atoms with Crippen molar-refractivity contribution in [3.8, 4) is 0 Å². The van der Waals surface area contributed by atoms with Gasteiger partial charge in [-0.25, -0.2) is 0 Å². The summed E-state index contributed by atoms with van der Waals surface area (Å²) < 4.78 is 0. The summed E-state index contributed by atoms with van der Waals surface area (Å²) in [6.07, 6.45) is 8.27. The van der Waals surface area contributed by atoms with E-state index in [0.717, 1.165) is 55.9 Å². The highest BCUT2D eigenvalue weighted by atomic mass is 16.1. The first-order valence-electron chi connectivity index (χ1n) is 8.82. The van der Waals surface area contributed by atoms with Crippen LogP contribution in [0.4, 0.5) is 0 Å². The van der Waals surface area contributed by atoms with Gasteiger partial charge in [-0.05, 0) is 62.6 Å². The number of rotatable bonds is 8. The quantitative estimate of drug-likeness (QED) is 0.794. The number of amides is 1. The summed E-state index contributed by atoms with van der Waals surface area (Å²) in [5.74, 6) is -0.0233. The second kappa shape index (κ2) is 8.82. The molecule has 0 saturated heterocycles. The maximum Gasteiger partial charge on any atom is 0.252 e. The molecule has 0 spiro atoms. The molecular formula is C19H29N3O. The lowest BCUT2D eigenvalue weighted by Crippen LogP contribution is -2.37. The molecule has 0 unspecified atom stereocenters. The lowest BCUT2D eigenvalue weighted by molar-refractivity contribution is 0.0948. The second-order valence-corrected chi connectivity index (χ2v) is 6.28. The summed E-state index contributed by atoms with van der Waals surface area (Å²) in [6, 6.07) is 1.97. The zero-order valence-electron chi connectivity index (χ0n) is 14.7. The number of pyridine rings is 1. The van der Waals surface area contributed by atoms with E-state index in [9.17, 15) is 4.79 Å². The van der Waals surface area contributed by atoms with Gasteiger partial charge in [0.05, 0.1) is 10.9 Å². The molecule has 0 aromatic carbocycles. The standard InChI is InChI=1S/C19H29N3O/c1-4-10-22(11-5-2)12-9-20-19(23)17-13-16-8-6-7-15(3)18(16)21-14-17/h8,13-14H,4-7,9-12H2,1-3H3,(H,20,23). The molecule has 1 aliphatic carbocycles. The van der Waals surface area contributed by atoms with Crippen LogP contribution in [0.15, 0.2) is 12.3 Å². The topological polar surface area (TPSA) is 45.2 Å². The Balaban J connectivity index is 1.95. The van der Waals surface area contributed by atoms with Crippen LogP contribution in [-0.4, -0.2) is 42.0 Å². The molecule has 4 nitrogen and oxygen atoms in total. The van der Waals surface area contributed by atoms with Gasteiger partial charge in [0.25, 0.3) is 5.91 Å². The molecule has 1 aliphatic rings. The van der Waals surface area contributed by atoms with Crippen molar-refractivity contribution in [3.05, 3.63) is 28.4 Å². The molecule has 1 aromatic rings. The summed E-state index contributed by atoms with van der Waals surface area (Å²) in [5, 5.41) is 5.17. The number of nitrogens with one attached hydrogen (secondary N) is 1. The normalized spacial score (nSPS) is 13.7. The molecule has 0 radical (unpaired) electrons. The zero-order valence-corrected chi connectivity index (χ0v) is 14.7. The molecule has 0 fully saturated rings. The van der Waals surface area contributed by atoms with Crippen LogP contribution in [0, 0.1) is 0 Å². The Bertz CT molecular complexity index is 645. The van der Waals surface area contributed by atoms with Crippen LogP contribution in [0.25, 0.3) is 11.6 Å². The Labute approximate surface area is 139 Å². The number of hydrogen-bond acceptors (Lipinski definition) is 3. The van der Waals surface area contributed by atoms with E-state index in [0.29, 0.717) is 12.1 Å². The highest BCUT2D eigenvalue weighted by Crippen LogP contribution is 2.05. The smallest absolute Gasteiger partial charge is 0.252 e. The Morgan fingerprint density at radius 3 is 2.70 bits per heavy atom. The van der Waals surface area contributed by atoms with Crippen molar-refractivity contribution >= 4 is 17.6 Å². The molecule has 0 saturated carbocycles. The Morgan fingerprint density at radius 2 is 2.00 bits per heavy atom. The van der Waals surface area contributed by atoms with Crippen molar-refractivity contribution in [2.24, 2.45) is 0 Å². The predicted octanol–water partition coefficient (Wildman–Crippen LogP) is 1.68. The molecule has 1 aromatic heterocycles. The second-order valence-electron chi connectivity index (χ2n) is 6.28. The molecule has 4 heteroatoms. The molecule has 1 amide bonds. The minimum absolute atomic E-state index is 0.0233. The number of fused-ring (bicyclic) bond motifs is 1. The van der Waals surface area contributed by atoms with Crippen LogP contribution in [-0.2, 0) is 0 Å². The molecule has 0 atom stereocenters. The number of carbonyl (C=O) groups excluding carboxylic acids is 1. The number of carbonyl (C=O) groups is 1. The van der Waals surface area contributed by atoms with E-state index < -0.39 is 0 Å². The first-order chi connectivity index (χ1) is 11.2. The van der Waals surface area contributed by atoms with E-state index in [1.54, 1.807) is 6.20 Å². The Kier molecular flexibility index (Phi) is 6.78. The third kappa shape index (κ3) is 4.90. The molecule has 0 bridgehead atoms. The van der Waals surface area contributed by atoms with E-state index in [4.69, 9.17) is 0 Å². The third-order valence-electron chi connectivity index (χ3n) is 4.26. The van der Waals surface area contributed by atoms with Gasteiger partial charge in [0.15, 0.2) is 0 Å². The van der Waals surface area contributed by atoms with Crippen LogP contribution in [0.2, 0.25) is 0 Å². The number of aromatic nitrogens is 1. The largest absolute Gasteiger partial charge is 0.351 e. The average Bonchev–Trinajstić information content (AvgIpc) is 2.55. The van der Waals surface area contributed by atoms with Crippen molar-refractivity contribution in [1.82, 2.24) is 15.2 Å².